The van der Waals surface area contributed by atoms with Crippen LogP contribution in [0.3, 0.4) is 0 Å². The Hall–Kier alpha value is -7.44. The van der Waals surface area contributed by atoms with Crippen molar-refractivity contribution in [2.45, 2.75) is 134 Å². The minimum Gasteiger partial charge on any atom is -0.347 e. The van der Waals surface area contributed by atoms with Gasteiger partial charge in [-0.2, -0.15) is 0 Å². The molecule has 1 saturated heterocycles. The van der Waals surface area contributed by atoms with E-state index in [4.69, 9.17) is 0 Å². The molecule has 1 aliphatic heterocycles. The summed E-state index contributed by atoms with van der Waals surface area (Å²) in [6, 6.07) is 24.0. The second-order valence-corrected chi connectivity index (χ2v) is 21.3. The van der Waals surface area contributed by atoms with Crippen LogP contribution in [0.15, 0.2) is 97.1 Å². The molecule has 404 valence electrons. The Morgan fingerprint density at radius 1 is 0.632 bits per heavy atom. The molecule has 1 heterocycles. The molecule has 76 heavy (non-hydrogen) atoms. The molecule has 7 rings (SSSR count). The summed E-state index contributed by atoms with van der Waals surface area (Å²) in [7, 11) is 3.30. The van der Waals surface area contributed by atoms with Gasteiger partial charge in [-0.25, -0.2) is 0 Å². The van der Waals surface area contributed by atoms with Gasteiger partial charge in [-0.05, 0) is 143 Å². The van der Waals surface area contributed by atoms with Gasteiger partial charge in [0.15, 0.2) is 0 Å². The zero-order valence-electron chi connectivity index (χ0n) is 44.6. The van der Waals surface area contributed by atoms with E-state index in [0.29, 0.717) is 11.3 Å². The van der Waals surface area contributed by atoms with E-state index in [-0.39, 0.29) is 72.8 Å². The maximum absolute atomic E-state index is 14.6. The molecule has 4 aromatic rings. The van der Waals surface area contributed by atoms with E-state index in [1.165, 1.54) is 40.3 Å². The number of carbonyl (C=O) groups is 8. The molecule has 0 radical (unpaired) electrons. The second-order valence-electron chi connectivity index (χ2n) is 21.3. The number of anilines is 1. The molecule has 0 bridgehead atoms. The van der Waals surface area contributed by atoms with Gasteiger partial charge in [0.25, 0.3) is 11.8 Å². The second kappa shape index (κ2) is 25.4. The average molecular weight is 1040 g/mol. The Labute approximate surface area is 445 Å². The number of likely N-dealkylation sites (N-methyl/N-ethyl adjacent to an activating group) is 2. The number of hydrogen-bond acceptors (Lipinski definition) is 10. The van der Waals surface area contributed by atoms with Crippen molar-refractivity contribution in [3.8, 4) is 0 Å². The number of rotatable bonds is 19. The summed E-state index contributed by atoms with van der Waals surface area (Å²) < 4.78 is 0. The first-order chi connectivity index (χ1) is 36.3. The van der Waals surface area contributed by atoms with E-state index in [1.54, 1.807) is 52.2 Å². The van der Waals surface area contributed by atoms with Crippen molar-refractivity contribution in [3.63, 3.8) is 0 Å². The third-order valence-corrected chi connectivity index (χ3v) is 14.8. The van der Waals surface area contributed by atoms with Gasteiger partial charge in [-0.15, -0.1) is 0 Å². The average Bonchev–Trinajstić information content (AvgIpc) is 3.85. The Morgan fingerprint density at radius 2 is 1.18 bits per heavy atom. The molecule has 1 fully saturated rings. The maximum atomic E-state index is 14.6. The van der Waals surface area contributed by atoms with Crippen molar-refractivity contribution >= 4 is 52.9 Å². The Morgan fingerprint density at radius 3 is 1.76 bits per heavy atom. The van der Waals surface area contributed by atoms with Crippen LogP contribution in [-0.4, -0.2) is 116 Å². The molecule has 4 aromatic carbocycles. The summed E-state index contributed by atoms with van der Waals surface area (Å²) in [6.45, 7) is 8.64. The number of benzene rings is 4. The van der Waals surface area contributed by atoms with Gasteiger partial charge in [0, 0.05) is 35.8 Å². The molecule has 0 saturated carbocycles. The number of amides is 8. The monoisotopic (exact) mass is 1040 g/mol. The van der Waals surface area contributed by atoms with Gasteiger partial charge in [0.05, 0.1) is 30.7 Å². The SMILES string of the molecule is CN[C@@H](C)C(=O)NCC(=O)N[C@@H](Cc1ccc(NC(=O)c2ccc(C(=O)N[C@H]3C[C@@H](C(=O)N[C@@H]4CCCc5ccccc54)N(C(=O)[C@@H](NC(=O)[C@H](C)NC)C(C)(C)C)C3)cc2)cc1)C(=O)N[C@@H]1CCCc2ccccc21. The van der Waals surface area contributed by atoms with Crippen LogP contribution in [0, 0.1) is 5.41 Å². The first-order valence-electron chi connectivity index (χ1n) is 26.4. The van der Waals surface area contributed by atoms with Crippen LogP contribution in [0.5, 0.6) is 0 Å². The van der Waals surface area contributed by atoms with Gasteiger partial charge in [0.2, 0.25) is 35.4 Å². The summed E-state index contributed by atoms with van der Waals surface area (Å²) in [5.74, 6) is -3.25. The first-order valence-corrected chi connectivity index (χ1v) is 26.4. The van der Waals surface area contributed by atoms with Crippen molar-refractivity contribution < 1.29 is 38.4 Å². The van der Waals surface area contributed by atoms with Crippen LogP contribution in [-0.2, 0) is 48.0 Å². The standard InChI is InChI=1S/C58H74N10O8/c1-34(59-6)51(70)61-32-49(69)64-47(55(74)65-45-20-12-16-37-14-8-10-18-43(37)45)30-36-22-28-41(29-23-36)62-53(72)39-24-26-40(27-25-39)54(73)63-42-31-48(56(75)66-46-21-13-17-38-15-9-11-19-44(38)46)68(33-42)57(76)50(58(3,4)5)67-52(71)35(2)60-7/h8-11,14-15,18-19,22-29,34-35,42,45-48,50,59-60H,12-13,16-17,20-21,30-33H2,1-7H3,(H,61,70)(H,62,72)(H,63,73)(H,64,69)(H,65,74)(H,66,75)(H,67,71)/t34-,35-,42-,45+,46+,47-,48-,50+/m0/s1. The summed E-state index contributed by atoms with van der Waals surface area (Å²) >= 11 is 0. The maximum Gasteiger partial charge on any atom is 0.255 e. The van der Waals surface area contributed by atoms with Crippen LogP contribution in [0.2, 0.25) is 0 Å². The lowest BCUT2D eigenvalue weighted by Gasteiger charge is -2.36. The predicted octanol–water partition coefficient (Wildman–Crippen LogP) is 3.92. The van der Waals surface area contributed by atoms with Gasteiger partial charge in [0.1, 0.15) is 18.1 Å². The highest BCUT2D eigenvalue weighted by atomic mass is 16.2. The number of nitrogens with zero attached hydrogens (tertiary/aromatic N) is 1. The third kappa shape index (κ3) is 14.3. The summed E-state index contributed by atoms with van der Waals surface area (Å²) in [4.78, 5) is 110. The quantitative estimate of drug-likeness (QED) is 0.0656. The van der Waals surface area contributed by atoms with Gasteiger partial charge in [-0.3, -0.25) is 38.4 Å². The number of hydrogen-bond donors (Lipinski definition) is 9. The minimum atomic E-state index is -0.969. The zero-order chi connectivity index (χ0) is 54.7. The summed E-state index contributed by atoms with van der Waals surface area (Å²) in [6.07, 6.45) is 5.42. The number of aryl methyl sites for hydroxylation is 2. The van der Waals surface area contributed by atoms with E-state index in [0.717, 1.165) is 49.7 Å². The van der Waals surface area contributed by atoms with Crippen molar-refractivity contribution in [2.75, 3.05) is 32.5 Å². The Bertz CT molecular complexity index is 2760. The van der Waals surface area contributed by atoms with E-state index in [9.17, 15) is 38.4 Å². The molecule has 0 unspecified atom stereocenters. The van der Waals surface area contributed by atoms with Gasteiger partial charge >= 0.3 is 0 Å². The van der Waals surface area contributed by atoms with E-state index >= 15 is 0 Å². The summed E-state index contributed by atoms with van der Waals surface area (Å²) in [5, 5.41) is 26.3. The molecule has 2 aliphatic carbocycles. The number of fused-ring (bicyclic) bond motifs is 2. The highest BCUT2D eigenvalue weighted by Gasteiger charge is 2.46. The number of likely N-dealkylation sites (tertiary alicyclic amines) is 1. The largest absolute Gasteiger partial charge is 0.347 e. The zero-order valence-corrected chi connectivity index (χ0v) is 44.6. The minimum absolute atomic E-state index is 0.0292. The fraction of sp³-hybridized carbons (Fsp3) is 0.448. The molecule has 8 atom stereocenters. The third-order valence-electron chi connectivity index (χ3n) is 14.8. The molecular formula is C58H74N10O8. The molecule has 18 heteroatoms. The van der Waals surface area contributed by atoms with E-state index in [2.05, 4.69) is 60.0 Å². The topological polar surface area (TPSA) is 248 Å². The lowest BCUT2D eigenvalue weighted by atomic mass is 9.85. The predicted molar refractivity (Wildman–Crippen MR) is 290 cm³/mol. The highest BCUT2D eigenvalue weighted by molar-refractivity contribution is 6.05. The van der Waals surface area contributed by atoms with Crippen LogP contribution in [0.1, 0.15) is 127 Å². The van der Waals surface area contributed by atoms with Crippen LogP contribution in [0.25, 0.3) is 0 Å². The van der Waals surface area contributed by atoms with Gasteiger partial charge in [-0.1, -0.05) is 81.4 Å². The Kier molecular flexibility index (Phi) is 18.8. The number of carbonyl (C=O) groups excluding carboxylic acids is 8. The molecule has 8 amide bonds. The van der Waals surface area contributed by atoms with Crippen molar-refractivity contribution in [3.05, 3.63) is 136 Å². The molecule has 0 aromatic heterocycles. The first kappa shape index (κ1) is 56.3. The highest BCUT2D eigenvalue weighted by Crippen LogP contribution is 2.32. The van der Waals surface area contributed by atoms with Crippen LogP contribution in [0.4, 0.5) is 5.69 Å². The Balaban J connectivity index is 0.991. The smallest absolute Gasteiger partial charge is 0.255 e. The van der Waals surface area contributed by atoms with Crippen molar-refractivity contribution in [1.29, 1.82) is 0 Å². The molecule has 3 aliphatic rings. The fourth-order valence-corrected chi connectivity index (χ4v) is 10.1. The normalized spacial score (nSPS) is 19.5. The molecule has 18 nitrogen and oxygen atoms in total. The lowest BCUT2D eigenvalue weighted by molar-refractivity contribution is -0.144. The van der Waals surface area contributed by atoms with Crippen molar-refractivity contribution in [2.24, 2.45) is 5.41 Å². The summed E-state index contributed by atoms with van der Waals surface area (Å²) in [5.41, 5.74) is 5.45. The van der Waals surface area contributed by atoms with Crippen LogP contribution < -0.4 is 47.9 Å². The van der Waals surface area contributed by atoms with E-state index in [1.807, 2.05) is 57.2 Å². The molecule has 9 N–H and O–H groups in total. The molecule has 0 spiro atoms. The number of nitrogens with one attached hydrogen (secondary N) is 9. The van der Waals surface area contributed by atoms with Crippen molar-refractivity contribution in [1.82, 2.24) is 47.4 Å². The lowest BCUT2D eigenvalue weighted by Crippen LogP contribution is -2.59. The van der Waals surface area contributed by atoms with Gasteiger partial charge < -0.3 is 52.8 Å². The molecular weight excluding hydrogens is 965 g/mol. The van der Waals surface area contributed by atoms with E-state index < -0.39 is 65.3 Å². The van der Waals surface area contributed by atoms with Crippen LogP contribution >= 0.6 is 0 Å². The fourth-order valence-electron chi connectivity index (χ4n) is 10.1.